The van der Waals surface area contributed by atoms with Gasteiger partial charge in [-0.2, -0.15) is 0 Å². The van der Waals surface area contributed by atoms with Crippen LogP contribution in [0.3, 0.4) is 0 Å². The molecule has 0 spiro atoms. The van der Waals surface area contributed by atoms with Gasteiger partial charge >= 0.3 is 0 Å². The molecule has 0 radical (unpaired) electrons. The molecule has 1 aliphatic rings. The van der Waals surface area contributed by atoms with E-state index in [0.29, 0.717) is 19.0 Å². The van der Waals surface area contributed by atoms with Crippen molar-refractivity contribution in [3.63, 3.8) is 0 Å². The van der Waals surface area contributed by atoms with Crippen LogP contribution in [-0.4, -0.2) is 18.3 Å². The third-order valence-corrected chi connectivity index (χ3v) is 4.01. The second-order valence-corrected chi connectivity index (χ2v) is 5.64. The van der Waals surface area contributed by atoms with Gasteiger partial charge in [0.1, 0.15) is 0 Å². The molecule has 23 heavy (non-hydrogen) atoms. The molecule has 0 heterocycles. The van der Waals surface area contributed by atoms with Crippen LogP contribution in [0.15, 0.2) is 42.5 Å². The number of aryl methyl sites for hydroxylation is 1. The van der Waals surface area contributed by atoms with Gasteiger partial charge in [-0.3, -0.25) is 0 Å². The van der Waals surface area contributed by atoms with E-state index in [1.807, 2.05) is 32.1 Å². The van der Waals surface area contributed by atoms with Crippen molar-refractivity contribution >= 4 is 5.57 Å². The fourth-order valence-electron chi connectivity index (χ4n) is 2.91. The van der Waals surface area contributed by atoms with Gasteiger partial charge in [-0.1, -0.05) is 29.8 Å². The fraction of sp³-hybridized carbons (Fsp3) is 0.300. The average Bonchev–Trinajstić information content (AvgIpc) is 2.85. The van der Waals surface area contributed by atoms with Gasteiger partial charge in [-0.25, -0.2) is 0 Å². The van der Waals surface area contributed by atoms with E-state index >= 15 is 0 Å². The minimum absolute atomic E-state index is 0.563. The maximum Gasteiger partial charge on any atom is 0.161 e. The van der Waals surface area contributed by atoms with E-state index in [1.54, 1.807) is 0 Å². The lowest BCUT2D eigenvalue weighted by Crippen LogP contribution is -2.01. The molecule has 2 aromatic carbocycles. The highest BCUT2D eigenvalue weighted by atomic mass is 16.5. The van der Waals surface area contributed by atoms with Crippen LogP contribution in [-0.2, 0) is 0 Å². The first-order valence-corrected chi connectivity index (χ1v) is 8.04. The zero-order valence-corrected chi connectivity index (χ0v) is 13.8. The molecule has 1 atom stereocenters. The van der Waals surface area contributed by atoms with Crippen LogP contribution in [0.4, 0.5) is 0 Å². The van der Waals surface area contributed by atoms with Crippen LogP contribution >= 0.6 is 0 Å². The standard InChI is InChI=1S/C20H22O3/c1-4-22-19-11-16-15(14-8-6-13(3)7-9-14)10-18(21)17(16)12-20(19)23-5-2/h6-12,18,21H,4-5H2,1-3H3. The Morgan fingerprint density at radius 3 is 2.17 bits per heavy atom. The Morgan fingerprint density at radius 2 is 1.57 bits per heavy atom. The van der Waals surface area contributed by atoms with Crippen LogP contribution in [0.2, 0.25) is 0 Å². The maximum atomic E-state index is 10.4. The van der Waals surface area contributed by atoms with Crippen molar-refractivity contribution in [3.8, 4) is 11.5 Å². The van der Waals surface area contributed by atoms with Crippen LogP contribution in [0.5, 0.6) is 11.5 Å². The van der Waals surface area contributed by atoms with E-state index < -0.39 is 6.10 Å². The number of hydrogen-bond donors (Lipinski definition) is 1. The topological polar surface area (TPSA) is 38.7 Å². The quantitative estimate of drug-likeness (QED) is 0.896. The largest absolute Gasteiger partial charge is 0.490 e. The van der Waals surface area contributed by atoms with E-state index in [2.05, 4.69) is 31.2 Å². The van der Waals surface area contributed by atoms with Crippen molar-refractivity contribution in [3.05, 3.63) is 64.7 Å². The van der Waals surface area contributed by atoms with Crippen molar-refractivity contribution < 1.29 is 14.6 Å². The number of benzene rings is 2. The molecule has 0 saturated heterocycles. The molecule has 3 rings (SSSR count). The molecule has 3 nitrogen and oxygen atoms in total. The Balaban J connectivity index is 2.07. The summed E-state index contributed by atoms with van der Waals surface area (Å²) >= 11 is 0. The lowest BCUT2D eigenvalue weighted by atomic mass is 9.98. The summed E-state index contributed by atoms with van der Waals surface area (Å²) in [7, 11) is 0. The third-order valence-electron chi connectivity index (χ3n) is 4.01. The average molecular weight is 310 g/mol. The summed E-state index contributed by atoms with van der Waals surface area (Å²) in [5.74, 6) is 1.41. The molecule has 120 valence electrons. The van der Waals surface area contributed by atoms with Gasteiger partial charge in [-0.15, -0.1) is 0 Å². The minimum Gasteiger partial charge on any atom is -0.490 e. The highest BCUT2D eigenvalue weighted by Crippen LogP contribution is 2.44. The fourth-order valence-corrected chi connectivity index (χ4v) is 2.91. The molecule has 0 aromatic heterocycles. The van der Waals surface area contributed by atoms with Gasteiger partial charge in [0.25, 0.3) is 0 Å². The highest BCUT2D eigenvalue weighted by molar-refractivity contribution is 5.86. The van der Waals surface area contributed by atoms with Gasteiger partial charge in [0.05, 0.1) is 19.3 Å². The zero-order chi connectivity index (χ0) is 16.4. The smallest absolute Gasteiger partial charge is 0.161 e. The Hall–Kier alpha value is -2.26. The predicted octanol–water partition coefficient (Wildman–Crippen LogP) is 4.27. The minimum atomic E-state index is -0.615. The molecule has 1 N–H and O–H groups in total. The van der Waals surface area contributed by atoms with Crippen LogP contribution in [0.1, 0.15) is 42.2 Å². The first-order valence-electron chi connectivity index (χ1n) is 8.04. The van der Waals surface area contributed by atoms with Crippen molar-refractivity contribution in [2.75, 3.05) is 13.2 Å². The van der Waals surface area contributed by atoms with Gasteiger partial charge < -0.3 is 14.6 Å². The summed E-state index contributed by atoms with van der Waals surface area (Å²) < 4.78 is 11.4. The molecular formula is C20H22O3. The Kier molecular flexibility index (Phi) is 4.39. The molecular weight excluding hydrogens is 288 g/mol. The number of aliphatic hydroxyl groups is 1. The van der Waals surface area contributed by atoms with Crippen LogP contribution in [0, 0.1) is 6.92 Å². The number of rotatable bonds is 5. The van der Waals surface area contributed by atoms with Crippen LogP contribution in [0.25, 0.3) is 5.57 Å². The number of hydrogen-bond acceptors (Lipinski definition) is 3. The van der Waals surface area contributed by atoms with E-state index in [-0.39, 0.29) is 0 Å². The molecule has 0 saturated carbocycles. The maximum absolute atomic E-state index is 10.4. The van der Waals surface area contributed by atoms with Gasteiger partial charge in [0.2, 0.25) is 0 Å². The highest BCUT2D eigenvalue weighted by Gasteiger charge is 2.25. The van der Waals surface area contributed by atoms with Gasteiger partial charge in [-0.05, 0) is 61.2 Å². The molecule has 2 aromatic rings. The summed E-state index contributed by atoms with van der Waals surface area (Å²) in [4.78, 5) is 0. The van der Waals surface area contributed by atoms with Crippen molar-refractivity contribution in [1.82, 2.24) is 0 Å². The number of ether oxygens (including phenoxy) is 2. The lowest BCUT2D eigenvalue weighted by Gasteiger charge is -2.15. The molecule has 0 fully saturated rings. The Morgan fingerprint density at radius 1 is 0.957 bits per heavy atom. The lowest BCUT2D eigenvalue weighted by molar-refractivity contribution is 0.230. The number of fused-ring (bicyclic) bond motifs is 1. The molecule has 1 unspecified atom stereocenters. The summed E-state index contributed by atoms with van der Waals surface area (Å²) in [6.45, 7) is 7.10. The molecule has 0 amide bonds. The molecule has 0 bridgehead atoms. The SMILES string of the molecule is CCOc1cc2c(cc1OCC)C(O)C=C2c1ccc(C)cc1. The Bertz CT molecular complexity index is 729. The van der Waals surface area contributed by atoms with Gasteiger partial charge in [0.15, 0.2) is 11.5 Å². The van der Waals surface area contributed by atoms with Crippen molar-refractivity contribution in [2.24, 2.45) is 0 Å². The van der Waals surface area contributed by atoms with E-state index in [4.69, 9.17) is 9.47 Å². The summed E-state index contributed by atoms with van der Waals surface area (Å²) in [5.41, 5.74) is 5.23. The normalized spacial score (nSPS) is 16.0. The predicted molar refractivity (Wildman–Crippen MR) is 92.0 cm³/mol. The molecule has 1 aliphatic carbocycles. The van der Waals surface area contributed by atoms with E-state index in [0.717, 1.165) is 28.0 Å². The van der Waals surface area contributed by atoms with E-state index in [1.165, 1.54) is 5.56 Å². The second-order valence-electron chi connectivity index (χ2n) is 5.64. The van der Waals surface area contributed by atoms with Crippen molar-refractivity contribution in [2.45, 2.75) is 26.9 Å². The van der Waals surface area contributed by atoms with Crippen molar-refractivity contribution in [1.29, 1.82) is 0 Å². The molecule has 3 heteroatoms. The second kappa shape index (κ2) is 6.47. The third kappa shape index (κ3) is 2.97. The monoisotopic (exact) mass is 310 g/mol. The Labute approximate surface area is 137 Å². The summed E-state index contributed by atoms with van der Waals surface area (Å²) in [6.07, 6.45) is 1.28. The first kappa shape index (κ1) is 15.6. The summed E-state index contributed by atoms with van der Waals surface area (Å²) in [5, 5.41) is 10.4. The van der Waals surface area contributed by atoms with Gasteiger partial charge in [0, 0.05) is 0 Å². The molecule has 0 aliphatic heterocycles. The number of aliphatic hydroxyl groups excluding tert-OH is 1. The van der Waals surface area contributed by atoms with E-state index in [9.17, 15) is 5.11 Å². The zero-order valence-electron chi connectivity index (χ0n) is 13.8. The first-order chi connectivity index (χ1) is 11.1. The summed E-state index contributed by atoms with van der Waals surface area (Å²) in [6, 6.07) is 12.2. The van der Waals surface area contributed by atoms with Crippen LogP contribution < -0.4 is 9.47 Å².